The summed E-state index contributed by atoms with van der Waals surface area (Å²) in [6.45, 7) is 6.27. The Morgan fingerprint density at radius 3 is 2.50 bits per heavy atom. The fourth-order valence-electron chi connectivity index (χ4n) is 8.16. The van der Waals surface area contributed by atoms with Gasteiger partial charge in [-0.25, -0.2) is 0 Å². The molecule has 28 heavy (non-hydrogen) atoms. The van der Waals surface area contributed by atoms with Crippen molar-refractivity contribution in [3.8, 4) is 0 Å². The van der Waals surface area contributed by atoms with Crippen LogP contribution >= 0.6 is 0 Å². The molecule has 1 N–H and O–H groups in total. The maximum Gasteiger partial charge on any atom is 0.126 e. The normalized spacial score (nSPS) is 51.1. The van der Waals surface area contributed by atoms with Crippen LogP contribution in [0.3, 0.4) is 0 Å². The summed E-state index contributed by atoms with van der Waals surface area (Å²) in [5, 5.41) is 11.6. The van der Waals surface area contributed by atoms with Crippen LogP contribution in [0.15, 0.2) is 11.6 Å². The average molecular weight is 387 g/mol. The minimum Gasteiger partial charge on any atom is -0.389 e. The zero-order valence-corrected chi connectivity index (χ0v) is 17.4. The SMILES string of the molecule is CC(C=O)[C@]1(O)CC[C@H]2[C@@H]3CCC4=CC(C=O)CC[C@]4(C)[C@H]3C(C=O)C[C@@]21C. The van der Waals surface area contributed by atoms with Crippen LogP contribution in [0.4, 0.5) is 0 Å². The molecule has 3 fully saturated rings. The van der Waals surface area contributed by atoms with E-state index in [0.29, 0.717) is 24.7 Å². The summed E-state index contributed by atoms with van der Waals surface area (Å²) in [6, 6.07) is 0. The van der Waals surface area contributed by atoms with E-state index < -0.39 is 16.9 Å². The molecule has 0 saturated heterocycles. The Hall–Kier alpha value is -1.29. The first-order valence-electron chi connectivity index (χ1n) is 11.0. The lowest BCUT2D eigenvalue weighted by atomic mass is 9.43. The van der Waals surface area contributed by atoms with E-state index in [-0.39, 0.29) is 23.2 Å². The van der Waals surface area contributed by atoms with Crippen LogP contribution in [-0.4, -0.2) is 29.6 Å². The van der Waals surface area contributed by atoms with Crippen LogP contribution in [-0.2, 0) is 14.4 Å². The largest absolute Gasteiger partial charge is 0.389 e. The number of hydrogen-bond donors (Lipinski definition) is 1. The molecule has 0 bridgehead atoms. The highest BCUT2D eigenvalue weighted by Gasteiger charge is 2.67. The van der Waals surface area contributed by atoms with Crippen LogP contribution in [0, 0.1) is 46.3 Å². The van der Waals surface area contributed by atoms with Crippen molar-refractivity contribution in [3.05, 3.63) is 11.6 Å². The van der Waals surface area contributed by atoms with Crippen LogP contribution in [0.25, 0.3) is 0 Å². The zero-order chi connectivity index (χ0) is 20.3. The summed E-state index contributed by atoms with van der Waals surface area (Å²) >= 11 is 0. The molecular formula is C24H34O4. The van der Waals surface area contributed by atoms with Crippen molar-refractivity contribution in [2.45, 2.75) is 71.3 Å². The molecule has 0 aromatic heterocycles. The first kappa shape index (κ1) is 20.0. The van der Waals surface area contributed by atoms with E-state index in [2.05, 4.69) is 19.9 Å². The smallest absolute Gasteiger partial charge is 0.126 e. The molecule has 0 spiro atoms. The molecule has 3 unspecified atom stereocenters. The number of rotatable bonds is 4. The number of allylic oxidation sites excluding steroid dienone is 2. The number of aldehydes is 3. The van der Waals surface area contributed by atoms with Gasteiger partial charge in [-0.3, -0.25) is 0 Å². The summed E-state index contributed by atoms with van der Waals surface area (Å²) in [5.41, 5.74) is -0.0518. The van der Waals surface area contributed by atoms with E-state index in [1.807, 2.05) is 6.92 Å². The van der Waals surface area contributed by atoms with Crippen molar-refractivity contribution in [1.29, 1.82) is 0 Å². The number of carbonyl (C=O) groups is 3. The number of carbonyl (C=O) groups excluding carboxylic acids is 3. The van der Waals surface area contributed by atoms with E-state index in [9.17, 15) is 19.5 Å². The molecule has 154 valence electrons. The van der Waals surface area contributed by atoms with Crippen molar-refractivity contribution >= 4 is 18.9 Å². The molecule has 4 nitrogen and oxygen atoms in total. The molecule has 0 radical (unpaired) electrons. The third-order valence-corrected chi connectivity index (χ3v) is 9.68. The first-order valence-corrected chi connectivity index (χ1v) is 11.0. The van der Waals surface area contributed by atoms with Gasteiger partial charge in [0.25, 0.3) is 0 Å². The van der Waals surface area contributed by atoms with Crippen LogP contribution in [0.5, 0.6) is 0 Å². The Morgan fingerprint density at radius 1 is 1.11 bits per heavy atom. The van der Waals surface area contributed by atoms with Crippen molar-refractivity contribution in [1.82, 2.24) is 0 Å². The molecule has 4 aliphatic carbocycles. The monoisotopic (exact) mass is 386 g/mol. The Bertz CT molecular complexity index is 713. The summed E-state index contributed by atoms with van der Waals surface area (Å²) in [5.74, 6) is 0.540. The molecule has 4 aliphatic rings. The van der Waals surface area contributed by atoms with Crippen LogP contribution in [0.2, 0.25) is 0 Å². The fraction of sp³-hybridized carbons (Fsp3) is 0.792. The third kappa shape index (κ3) is 2.42. The molecule has 0 aromatic rings. The Balaban J connectivity index is 1.75. The second-order valence-corrected chi connectivity index (χ2v) is 10.6. The fourth-order valence-corrected chi connectivity index (χ4v) is 8.16. The molecule has 9 atom stereocenters. The van der Waals surface area contributed by atoms with Gasteiger partial charge >= 0.3 is 0 Å². The van der Waals surface area contributed by atoms with Gasteiger partial charge in [0, 0.05) is 23.2 Å². The molecular weight excluding hydrogens is 352 g/mol. The van der Waals surface area contributed by atoms with E-state index in [0.717, 1.165) is 51.0 Å². The van der Waals surface area contributed by atoms with Gasteiger partial charge < -0.3 is 19.5 Å². The summed E-state index contributed by atoms with van der Waals surface area (Å²) in [4.78, 5) is 35.2. The van der Waals surface area contributed by atoms with Gasteiger partial charge in [-0.05, 0) is 68.1 Å². The Kier molecular flexibility index (Phi) is 4.73. The highest BCUT2D eigenvalue weighted by Crippen LogP contribution is 2.69. The second-order valence-electron chi connectivity index (χ2n) is 10.6. The van der Waals surface area contributed by atoms with Crippen LogP contribution in [0.1, 0.15) is 65.7 Å². The zero-order valence-electron chi connectivity index (χ0n) is 17.4. The van der Waals surface area contributed by atoms with Crippen LogP contribution < -0.4 is 0 Å². The van der Waals surface area contributed by atoms with E-state index in [1.165, 1.54) is 5.57 Å². The molecule has 0 aliphatic heterocycles. The molecule has 3 saturated carbocycles. The lowest BCUT2D eigenvalue weighted by Gasteiger charge is -2.61. The molecule has 4 rings (SSSR count). The Labute approximate surface area is 168 Å². The van der Waals surface area contributed by atoms with Gasteiger partial charge in [0.2, 0.25) is 0 Å². The standard InChI is InChI=1S/C24H34O4/c1-15(12-25)24(28)9-7-20-19-5-4-18-10-16(13-26)6-8-22(18,2)21(19)17(14-27)11-23(20,24)3/h10,12-17,19-21,28H,4-9,11H2,1-3H3/t15?,16?,17?,19-,20-,21-,22-,23-,24+/m0/s1. The highest BCUT2D eigenvalue weighted by atomic mass is 16.3. The minimum absolute atomic E-state index is 0.0215. The van der Waals surface area contributed by atoms with Crippen molar-refractivity contribution in [2.75, 3.05) is 0 Å². The van der Waals surface area contributed by atoms with Gasteiger partial charge in [0.05, 0.1) is 5.60 Å². The van der Waals surface area contributed by atoms with Gasteiger partial charge in [-0.1, -0.05) is 32.4 Å². The molecule has 0 heterocycles. The lowest BCUT2D eigenvalue weighted by Crippen LogP contribution is -2.60. The van der Waals surface area contributed by atoms with E-state index >= 15 is 0 Å². The van der Waals surface area contributed by atoms with Gasteiger partial charge in [0.15, 0.2) is 0 Å². The predicted octanol–water partition coefficient (Wildman–Crippen LogP) is 3.76. The van der Waals surface area contributed by atoms with Crippen molar-refractivity contribution in [2.24, 2.45) is 46.3 Å². The molecule has 0 aromatic carbocycles. The maximum absolute atomic E-state index is 12.3. The first-order chi connectivity index (χ1) is 13.2. The second kappa shape index (κ2) is 6.62. The van der Waals surface area contributed by atoms with Gasteiger partial charge in [0.1, 0.15) is 18.9 Å². The average Bonchev–Trinajstić information content (AvgIpc) is 2.97. The summed E-state index contributed by atoms with van der Waals surface area (Å²) in [7, 11) is 0. The lowest BCUT2D eigenvalue weighted by molar-refractivity contribution is -0.171. The number of aliphatic hydroxyl groups is 1. The van der Waals surface area contributed by atoms with E-state index in [1.54, 1.807) is 0 Å². The predicted molar refractivity (Wildman–Crippen MR) is 106 cm³/mol. The van der Waals surface area contributed by atoms with Gasteiger partial charge in [-0.2, -0.15) is 0 Å². The quantitative estimate of drug-likeness (QED) is 0.590. The highest BCUT2D eigenvalue weighted by molar-refractivity contribution is 5.60. The summed E-state index contributed by atoms with van der Waals surface area (Å²) in [6.07, 6.45) is 11.3. The number of hydrogen-bond acceptors (Lipinski definition) is 4. The number of fused-ring (bicyclic) bond motifs is 5. The summed E-state index contributed by atoms with van der Waals surface area (Å²) < 4.78 is 0. The molecule has 4 heteroatoms. The topological polar surface area (TPSA) is 71.4 Å². The van der Waals surface area contributed by atoms with Crippen molar-refractivity contribution in [3.63, 3.8) is 0 Å². The minimum atomic E-state index is -1.02. The maximum atomic E-state index is 12.3. The third-order valence-electron chi connectivity index (χ3n) is 9.68. The Morgan fingerprint density at radius 2 is 1.86 bits per heavy atom. The van der Waals surface area contributed by atoms with E-state index in [4.69, 9.17) is 0 Å². The van der Waals surface area contributed by atoms with Crippen molar-refractivity contribution < 1.29 is 19.5 Å². The van der Waals surface area contributed by atoms with Gasteiger partial charge in [-0.15, -0.1) is 0 Å². The molecule has 0 amide bonds.